The van der Waals surface area contributed by atoms with Gasteiger partial charge in [-0.3, -0.25) is 0 Å². The van der Waals surface area contributed by atoms with Crippen molar-refractivity contribution in [2.24, 2.45) is 96.6 Å². The van der Waals surface area contributed by atoms with E-state index >= 15 is 0 Å². The van der Waals surface area contributed by atoms with Gasteiger partial charge in [0.05, 0.1) is 99.7 Å². The molecule has 6 unspecified atom stereocenters. The van der Waals surface area contributed by atoms with Crippen molar-refractivity contribution in [1.29, 1.82) is 0 Å². The van der Waals surface area contributed by atoms with Gasteiger partial charge in [-0.15, -0.1) is 0 Å². The summed E-state index contributed by atoms with van der Waals surface area (Å²) in [7, 11) is 0. The normalized spacial score (nSPS) is 50.9. The van der Waals surface area contributed by atoms with E-state index in [-0.39, 0.29) is 107 Å². The number of allylic oxidation sites excluding steroid dienone is 2. The van der Waals surface area contributed by atoms with Crippen molar-refractivity contribution in [3.8, 4) is 0 Å². The summed E-state index contributed by atoms with van der Waals surface area (Å²) in [5.41, 5.74) is -3.23. The van der Waals surface area contributed by atoms with Crippen molar-refractivity contribution in [3.05, 3.63) is 23.3 Å². The Bertz CT molecular complexity index is 4250. The van der Waals surface area contributed by atoms with Gasteiger partial charge in [-0.05, 0) is 206 Å². The molecular formula is C105H182O41. The van der Waals surface area contributed by atoms with Crippen LogP contribution in [0.15, 0.2) is 23.3 Å². The highest BCUT2D eigenvalue weighted by Crippen LogP contribution is 2.78. The van der Waals surface area contributed by atoms with Crippen molar-refractivity contribution in [2.75, 3.05) is 39.6 Å². The fourth-order valence-corrected chi connectivity index (χ4v) is 30.3. The Kier molecular flexibility index (Phi) is 38.1. The average Bonchev–Trinajstić information content (AvgIpc) is 1.43. The molecule has 7 aliphatic heterocycles. The van der Waals surface area contributed by atoms with Crippen molar-refractivity contribution in [3.63, 3.8) is 0 Å². The van der Waals surface area contributed by atoms with Gasteiger partial charge in [-0.1, -0.05) is 128 Å². The molecule has 55 atom stereocenters. The molecule has 0 bridgehead atoms. The zero-order valence-electron chi connectivity index (χ0n) is 87.5. The molecule has 146 heavy (non-hydrogen) atoms. The molecular weight excluding hydrogens is 1920 g/mol. The molecule has 0 radical (unpaired) electrons. The molecule has 848 valence electrons. The highest BCUT2D eigenvalue weighted by molar-refractivity contribution is 5.34. The molecule has 41 heteroatoms. The van der Waals surface area contributed by atoms with Crippen LogP contribution in [0.1, 0.15) is 241 Å². The molecule has 0 amide bonds. The fraction of sp³-hybridized carbons (Fsp3) is 0.962. The van der Waals surface area contributed by atoms with Gasteiger partial charge in [-0.2, -0.15) is 0 Å². The first-order chi connectivity index (χ1) is 67.7. The zero-order valence-corrected chi connectivity index (χ0v) is 87.5. The Morgan fingerprint density at radius 1 is 0.336 bits per heavy atom. The Balaban J connectivity index is 0.000000245. The van der Waals surface area contributed by atoms with Crippen LogP contribution in [0.25, 0.3) is 0 Å². The van der Waals surface area contributed by atoms with E-state index in [1.54, 1.807) is 34.6 Å². The highest BCUT2D eigenvalue weighted by Gasteiger charge is 2.74. The zero-order chi connectivity index (χ0) is 107. The van der Waals surface area contributed by atoms with E-state index in [4.69, 9.17) is 66.3 Å². The van der Waals surface area contributed by atoms with Gasteiger partial charge >= 0.3 is 0 Å². The maximum atomic E-state index is 12.7. The smallest absolute Gasteiger partial charge is 0.187 e. The third-order valence-electron chi connectivity index (χ3n) is 40.1. The lowest BCUT2D eigenvalue weighted by Crippen LogP contribution is -2.67. The molecule has 7 heterocycles. The lowest BCUT2D eigenvalue weighted by Gasteiger charge is -2.67. The van der Waals surface area contributed by atoms with Gasteiger partial charge in [0.1, 0.15) is 153 Å². The predicted octanol–water partition coefficient (Wildman–Crippen LogP) is -0.959. The SMILES string of the molecule is C.CC[C@@H]1O[C@H](O[C@H]2[C@H](O)[C@@H](O[C@H]3O[C@@H](CO)[C@H](O)[C@@H](O)[C@@H]3O)[C@H](O[C@H](CC[C@@H](C)C3CC[C@@]4(C)C5CC=C6C(CC[C@H](O)C6(C)C)[C@]5(C)[C@H](O)C[C@]34C)C(C)(C)O)O[C@@H]2CO)[C@@H](O)[C@H](O)[C@H]1O.C[C@H]1[C@H](O)[C@@H](O[C@H]2[C@H](O)[C@@H](O[C@H]3O[C@@H](CO)[C@H](O)[C@@H](O)[C@@H]3O)[C@H](O[C@H](CC[C@@H](C)C3CC[C@@]4(C)C5CC=C6C(CC[C@H](O[C@@H]7O[C@H](CO)[C@@H](O)[C@H](O)[C@H]7O)C6(C)C)[C@]5(C)[C@H](O)C[C@]34C)C(C)(C)O)O[C@@H]2CO)O[C@@H](CO)[C@@H]1O. The molecule has 15 aliphatic rings. The van der Waals surface area contributed by atoms with E-state index in [9.17, 15) is 138 Å². The van der Waals surface area contributed by atoms with Crippen LogP contribution >= 0.6 is 0 Å². The van der Waals surface area contributed by atoms with E-state index in [2.05, 4.69) is 95.2 Å². The second-order valence-corrected chi connectivity index (χ2v) is 49.5. The summed E-state index contributed by atoms with van der Waals surface area (Å²) in [6, 6.07) is 0. The van der Waals surface area contributed by atoms with Crippen LogP contribution in [0, 0.1) is 96.6 Å². The summed E-state index contributed by atoms with van der Waals surface area (Å²) in [5, 5.41) is 295. The molecule has 0 aromatic rings. The molecule has 8 aliphatic carbocycles. The maximum Gasteiger partial charge on any atom is 0.187 e. The molecule has 7 saturated heterocycles. The topological polar surface area (TPSA) is 675 Å². The fourth-order valence-electron chi connectivity index (χ4n) is 30.3. The number of hydrogen-bond donors (Lipinski definition) is 27. The number of hydrogen-bond acceptors (Lipinski definition) is 41. The van der Waals surface area contributed by atoms with Gasteiger partial charge in [0.25, 0.3) is 0 Å². The standard InChI is InChI=1S/C55H94O23.C49H84O18.CH4/c1-23(25-16-17-53(7)32-13-11-26-27(55(32,9)33(60)18-54(25,53)8)12-15-34(51(26,3)4)75-48-42(67)40(65)38(63)29(20-57)72-48)10-14-35(52(5,6)70)76-50-46(78-49-43(68)41(66)39(64)30(21-58)73-49)44(69)45(31(22-59)74-50)77-47-37(62)24(2)36(61)28(19-56)71-47;1-10-26-33(54)35(56)37(58)42(62-26)66-40-28(21-51)64-44(41(39(40)60)67-43-38(59)36(57)34(55)27(20-50)63-43)65-32(46(5,6)61)16-11-22(2)23-17-18-47(7)29-14-12-24-25(13-15-30(52)45(24,3)4)49(29,9)31(53)19-48(23,47)8;/h11,23-25,27-50,56-70H,10,12-22H2,1-9H3;12,22-23,25-44,50-61H,10-11,13-21H2,1-9H3;1H4/t23-,24-,25?,27?,28+,29-,30+,31-,32?,33-,34+,35-,36-,37+,38-,39+,40+,41-,42-,43+,44+,45-,46-,47-,48+,49-,50+,53+,54-,55+;22-,23?,25?,26+,27+,28-,29?,30+,31-,32-,33+,34+,35-,36-,37+,38+,39+,40-,41-,42-,43-,44+,47+,48-,49+;/m11./s1. The van der Waals surface area contributed by atoms with Crippen molar-refractivity contribution in [2.45, 2.75) is 498 Å². The Hall–Kier alpha value is -2.16. The molecule has 41 nitrogen and oxygen atoms in total. The van der Waals surface area contributed by atoms with Crippen LogP contribution in [0.4, 0.5) is 0 Å². The Morgan fingerprint density at radius 2 is 0.644 bits per heavy atom. The number of aliphatic hydroxyl groups is 27. The van der Waals surface area contributed by atoms with Crippen LogP contribution in [0.5, 0.6) is 0 Å². The van der Waals surface area contributed by atoms with Crippen LogP contribution in [0.3, 0.4) is 0 Å². The average molecular weight is 2100 g/mol. The van der Waals surface area contributed by atoms with E-state index in [0.717, 1.165) is 44.9 Å². The Labute approximate surface area is 857 Å². The maximum absolute atomic E-state index is 12.7. The van der Waals surface area contributed by atoms with E-state index in [1.807, 2.05) is 0 Å². The third kappa shape index (κ3) is 21.5. The molecule has 15 rings (SSSR count). The summed E-state index contributed by atoms with van der Waals surface area (Å²) in [6.45, 7) is 31.9. The van der Waals surface area contributed by atoms with E-state index in [1.165, 1.54) is 18.1 Å². The lowest BCUT2D eigenvalue weighted by atomic mass is 9.38. The highest BCUT2D eigenvalue weighted by atomic mass is 16.8. The Morgan fingerprint density at radius 3 is 0.993 bits per heavy atom. The second-order valence-electron chi connectivity index (χ2n) is 49.5. The molecule has 6 saturated carbocycles. The quantitative estimate of drug-likeness (QED) is 0.0372. The van der Waals surface area contributed by atoms with Gasteiger partial charge in [0.15, 0.2) is 44.0 Å². The third-order valence-corrected chi connectivity index (χ3v) is 40.1. The minimum absolute atomic E-state index is 0. The molecule has 0 aromatic carbocycles. The van der Waals surface area contributed by atoms with Gasteiger partial charge in [0.2, 0.25) is 0 Å². The minimum Gasteiger partial charge on any atom is -0.394 e. The first kappa shape index (κ1) is 121. The molecule has 0 spiro atoms. The van der Waals surface area contributed by atoms with Crippen molar-refractivity contribution < 1.29 is 204 Å². The minimum atomic E-state index is -1.93. The first-order valence-electron chi connectivity index (χ1n) is 53.3. The van der Waals surface area contributed by atoms with Gasteiger partial charge in [-0.25, -0.2) is 0 Å². The molecule has 27 N–H and O–H groups in total. The summed E-state index contributed by atoms with van der Waals surface area (Å²) < 4.78 is 85.1. The number of ether oxygens (including phenoxy) is 14. The largest absolute Gasteiger partial charge is 0.394 e. The van der Waals surface area contributed by atoms with E-state index in [0.29, 0.717) is 44.9 Å². The monoisotopic (exact) mass is 2100 g/mol. The summed E-state index contributed by atoms with van der Waals surface area (Å²) >= 11 is 0. The molecule has 0 aromatic heterocycles. The van der Waals surface area contributed by atoms with Crippen LogP contribution in [-0.2, 0) is 66.3 Å². The number of aliphatic hydroxyl groups excluding tert-OH is 25. The van der Waals surface area contributed by atoms with Crippen LogP contribution in [0.2, 0.25) is 0 Å². The van der Waals surface area contributed by atoms with Crippen LogP contribution in [-0.4, -0.2) is 434 Å². The lowest BCUT2D eigenvalue weighted by molar-refractivity contribution is -0.393. The number of rotatable bonds is 31. The summed E-state index contributed by atoms with van der Waals surface area (Å²) in [5.74, 6) is 0.142. The van der Waals surface area contributed by atoms with Gasteiger partial charge in [0, 0.05) is 27.6 Å². The first-order valence-corrected chi connectivity index (χ1v) is 53.3. The second kappa shape index (κ2) is 46.0. The van der Waals surface area contributed by atoms with E-state index < -0.39 is 313 Å². The van der Waals surface area contributed by atoms with Crippen LogP contribution < -0.4 is 0 Å². The van der Waals surface area contributed by atoms with Crippen molar-refractivity contribution >= 4 is 0 Å². The van der Waals surface area contributed by atoms with Crippen molar-refractivity contribution in [1.82, 2.24) is 0 Å². The molecule has 13 fully saturated rings. The summed E-state index contributed by atoms with van der Waals surface area (Å²) in [6.07, 6.45) is -42.0. The van der Waals surface area contributed by atoms with Gasteiger partial charge < -0.3 is 204 Å². The summed E-state index contributed by atoms with van der Waals surface area (Å²) in [4.78, 5) is 0. The number of fused-ring (bicyclic) bond motifs is 10. The predicted molar refractivity (Wildman–Crippen MR) is 516 cm³/mol.